The van der Waals surface area contributed by atoms with Gasteiger partial charge in [0.25, 0.3) is 0 Å². The molecule has 2 amide bonds. The zero-order valence-electron chi connectivity index (χ0n) is 11.4. The largest absolute Gasteiger partial charge is 0.352 e. The number of carbonyl (C=O) groups excluding carboxylic acids is 2. The van der Waals surface area contributed by atoms with Crippen LogP contribution in [0.3, 0.4) is 0 Å². The molecule has 2 heterocycles. The Balaban J connectivity index is 1.71. The van der Waals surface area contributed by atoms with Crippen molar-refractivity contribution in [3.05, 3.63) is 30.1 Å². The highest BCUT2D eigenvalue weighted by Gasteiger charge is 2.29. The molecule has 21 heavy (non-hydrogen) atoms. The molecule has 114 valence electrons. The maximum Gasteiger partial charge on any atom is 0.229 e. The summed E-state index contributed by atoms with van der Waals surface area (Å²) in [5.41, 5.74) is 0.841. The number of nitrogens with zero attached hydrogens (tertiary/aromatic N) is 1. The second kappa shape index (κ2) is 6.66. The van der Waals surface area contributed by atoms with Crippen molar-refractivity contribution in [1.29, 1.82) is 0 Å². The van der Waals surface area contributed by atoms with Crippen molar-refractivity contribution in [3.63, 3.8) is 0 Å². The smallest absolute Gasteiger partial charge is 0.229 e. The van der Waals surface area contributed by atoms with E-state index in [4.69, 9.17) is 0 Å². The molecular formula is C13H17N3O4S. The zero-order chi connectivity index (χ0) is 15.3. The van der Waals surface area contributed by atoms with Gasteiger partial charge in [0.2, 0.25) is 11.8 Å². The minimum Gasteiger partial charge on any atom is -0.352 e. The molecule has 1 aliphatic rings. The van der Waals surface area contributed by atoms with E-state index < -0.39 is 21.7 Å². The van der Waals surface area contributed by atoms with Crippen molar-refractivity contribution in [2.45, 2.75) is 25.4 Å². The molecule has 1 aliphatic heterocycles. The Labute approximate surface area is 123 Å². The molecule has 0 spiro atoms. The lowest BCUT2D eigenvalue weighted by atomic mass is 10.2. The molecule has 1 atom stereocenters. The van der Waals surface area contributed by atoms with Gasteiger partial charge < -0.3 is 10.6 Å². The number of nitrogens with one attached hydrogen (secondary N) is 2. The Morgan fingerprint density at radius 1 is 1.33 bits per heavy atom. The Kier molecular flexibility index (Phi) is 4.89. The maximum atomic E-state index is 11.7. The predicted molar refractivity (Wildman–Crippen MR) is 75.9 cm³/mol. The first-order valence-corrected chi connectivity index (χ1v) is 8.42. The molecule has 0 aromatic carbocycles. The molecule has 2 rings (SSSR count). The number of carbonyl (C=O) groups is 2. The minimum absolute atomic E-state index is 0.0456. The van der Waals surface area contributed by atoms with Crippen LogP contribution in [-0.4, -0.2) is 42.8 Å². The first-order valence-electron chi connectivity index (χ1n) is 6.60. The van der Waals surface area contributed by atoms with Crippen molar-refractivity contribution >= 4 is 21.7 Å². The summed E-state index contributed by atoms with van der Waals surface area (Å²) in [5, 5.41) is 5.19. The summed E-state index contributed by atoms with van der Waals surface area (Å²) in [6.45, 7) is 0.303. The Morgan fingerprint density at radius 2 is 2.14 bits per heavy atom. The summed E-state index contributed by atoms with van der Waals surface area (Å²) < 4.78 is 22.5. The molecule has 1 saturated heterocycles. The molecular weight excluding hydrogens is 294 g/mol. The molecule has 0 radical (unpaired) electrons. The van der Waals surface area contributed by atoms with E-state index in [1.165, 1.54) is 0 Å². The first-order chi connectivity index (χ1) is 9.94. The molecule has 1 aromatic heterocycles. The third kappa shape index (κ3) is 5.14. The average molecular weight is 311 g/mol. The molecule has 0 saturated carbocycles. The Morgan fingerprint density at radius 3 is 2.76 bits per heavy atom. The van der Waals surface area contributed by atoms with Gasteiger partial charge in [0.05, 0.1) is 11.5 Å². The van der Waals surface area contributed by atoms with Crippen LogP contribution in [0.5, 0.6) is 0 Å². The second-order valence-corrected chi connectivity index (χ2v) is 7.21. The van der Waals surface area contributed by atoms with E-state index in [0.717, 1.165) is 5.56 Å². The molecule has 0 bridgehead atoms. The Hall–Kier alpha value is -1.96. The van der Waals surface area contributed by atoms with Gasteiger partial charge in [-0.3, -0.25) is 14.6 Å². The monoisotopic (exact) mass is 311 g/mol. The highest BCUT2D eigenvalue weighted by atomic mass is 32.2. The first kappa shape index (κ1) is 15.4. The van der Waals surface area contributed by atoms with Crippen LogP contribution in [-0.2, 0) is 26.0 Å². The van der Waals surface area contributed by atoms with Gasteiger partial charge >= 0.3 is 0 Å². The quantitative estimate of drug-likeness (QED) is 0.706. The van der Waals surface area contributed by atoms with Crippen LogP contribution in [0.25, 0.3) is 0 Å². The Bertz CT molecular complexity index is 616. The SMILES string of the molecule is O=C(CC(=O)NC1CCS(=O)(=O)C1)NCc1cccnc1. The van der Waals surface area contributed by atoms with E-state index in [-0.39, 0.29) is 24.0 Å². The average Bonchev–Trinajstić information content (AvgIpc) is 2.76. The van der Waals surface area contributed by atoms with Crippen molar-refractivity contribution < 1.29 is 18.0 Å². The van der Waals surface area contributed by atoms with Gasteiger partial charge in [-0.2, -0.15) is 0 Å². The molecule has 2 N–H and O–H groups in total. The van der Waals surface area contributed by atoms with Gasteiger partial charge in [0, 0.05) is 25.0 Å². The van der Waals surface area contributed by atoms with Crippen LogP contribution in [0.2, 0.25) is 0 Å². The van der Waals surface area contributed by atoms with Gasteiger partial charge in [-0.25, -0.2) is 8.42 Å². The third-order valence-corrected chi connectivity index (χ3v) is 4.90. The van der Waals surface area contributed by atoms with Crippen LogP contribution in [0.1, 0.15) is 18.4 Å². The number of sulfone groups is 1. The highest BCUT2D eigenvalue weighted by Crippen LogP contribution is 2.11. The van der Waals surface area contributed by atoms with Gasteiger partial charge in [-0.1, -0.05) is 6.07 Å². The lowest BCUT2D eigenvalue weighted by Gasteiger charge is -2.10. The number of hydrogen-bond acceptors (Lipinski definition) is 5. The van der Waals surface area contributed by atoms with E-state index in [1.54, 1.807) is 18.5 Å². The minimum atomic E-state index is -3.04. The second-order valence-electron chi connectivity index (χ2n) is 4.98. The summed E-state index contributed by atoms with van der Waals surface area (Å²) >= 11 is 0. The normalized spacial score (nSPS) is 19.9. The van der Waals surface area contributed by atoms with Crippen LogP contribution < -0.4 is 10.6 Å². The predicted octanol–water partition coefficient (Wildman–Crippen LogP) is -0.609. The van der Waals surface area contributed by atoms with Gasteiger partial charge in [0.15, 0.2) is 9.84 Å². The van der Waals surface area contributed by atoms with E-state index in [2.05, 4.69) is 15.6 Å². The zero-order valence-corrected chi connectivity index (χ0v) is 12.2. The molecule has 7 nitrogen and oxygen atoms in total. The highest BCUT2D eigenvalue weighted by molar-refractivity contribution is 7.91. The van der Waals surface area contributed by atoms with Crippen LogP contribution >= 0.6 is 0 Å². The van der Waals surface area contributed by atoms with Gasteiger partial charge in [0.1, 0.15) is 6.42 Å². The van der Waals surface area contributed by atoms with Crippen molar-refractivity contribution in [3.8, 4) is 0 Å². The fraction of sp³-hybridized carbons (Fsp3) is 0.462. The molecule has 8 heteroatoms. The maximum absolute atomic E-state index is 11.7. The molecule has 1 unspecified atom stereocenters. The number of aromatic nitrogens is 1. The molecule has 1 fully saturated rings. The number of rotatable bonds is 5. The standard InChI is InChI=1S/C13H17N3O4S/c17-12(15-8-10-2-1-4-14-7-10)6-13(18)16-11-3-5-21(19,20)9-11/h1-2,4,7,11H,3,5-6,8-9H2,(H,15,17)(H,16,18). The summed E-state index contributed by atoms with van der Waals surface area (Å²) in [6, 6.07) is 3.19. The lowest BCUT2D eigenvalue weighted by Crippen LogP contribution is -2.38. The van der Waals surface area contributed by atoms with Gasteiger partial charge in [-0.15, -0.1) is 0 Å². The van der Waals surface area contributed by atoms with Crippen molar-refractivity contribution in [1.82, 2.24) is 15.6 Å². The van der Waals surface area contributed by atoms with E-state index in [9.17, 15) is 18.0 Å². The number of amides is 2. The van der Waals surface area contributed by atoms with Crippen LogP contribution in [0.15, 0.2) is 24.5 Å². The van der Waals surface area contributed by atoms with E-state index >= 15 is 0 Å². The van der Waals surface area contributed by atoms with E-state index in [0.29, 0.717) is 13.0 Å². The fourth-order valence-electron chi connectivity index (χ4n) is 2.10. The summed E-state index contributed by atoms with van der Waals surface area (Å²) in [5.74, 6) is -0.820. The van der Waals surface area contributed by atoms with Crippen molar-refractivity contribution in [2.75, 3.05) is 11.5 Å². The summed E-state index contributed by atoms with van der Waals surface area (Å²) in [4.78, 5) is 27.2. The lowest BCUT2D eigenvalue weighted by molar-refractivity contribution is -0.129. The van der Waals surface area contributed by atoms with Crippen molar-refractivity contribution in [2.24, 2.45) is 0 Å². The number of hydrogen-bond donors (Lipinski definition) is 2. The van der Waals surface area contributed by atoms with Gasteiger partial charge in [-0.05, 0) is 18.1 Å². The third-order valence-electron chi connectivity index (χ3n) is 3.13. The summed E-state index contributed by atoms with van der Waals surface area (Å²) in [6.07, 6.45) is 3.36. The fourth-order valence-corrected chi connectivity index (χ4v) is 3.77. The molecule has 1 aromatic rings. The molecule has 0 aliphatic carbocycles. The number of pyridine rings is 1. The topological polar surface area (TPSA) is 105 Å². The summed E-state index contributed by atoms with van der Waals surface area (Å²) in [7, 11) is -3.04. The van der Waals surface area contributed by atoms with Crippen LogP contribution in [0, 0.1) is 0 Å². The van der Waals surface area contributed by atoms with Crippen LogP contribution in [0.4, 0.5) is 0 Å². The van der Waals surface area contributed by atoms with E-state index in [1.807, 2.05) is 6.07 Å².